The Morgan fingerprint density at radius 1 is 1.31 bits per heavy atom. The first kappa shape index (κ1) is 10.6. The maximum absolute atomic E-state index is 11.8. The summed E-state index contributed by atoms with van der Waals surface area (Å²) >= 11 is 0. The fourth-order valence-electron chi connectivity index (χ4n) is 1.64. The van der Waals surface area contributed by atoms with Crippen LogP contribution in [0.4, 0.5) is 0 Å². The highest BCUT2D eigenvalue weighted by molar-refractivity contribution is 5.97. The van der Waals surface area contributed by atoms with E-state index >= 15 is 0 Å². The minimum absolute atomic E-state index is 0.00986. The van der Waals surface area contributed by atoms with Gasteiger partial charge in [-0.05, 0) is 13.0 Å². The van der Waals surface area contributed by atoms with E-state index in [9.17, 15) is 9.59 Å². The van der Waals surface area contributed by atoms with E-state index in [1.807, 2.05) is 18.2 Å². The Bertz CT molecular complexity index is 446. The maximum Gasteiger partial charge on any atom is 0.334 e. The molecular formula is C13H12O3. The van der Waals surface area contributed by atoms with Crippen LogP contribution in [0.3, 0.4) is 0 Å². The van der Waals surface area contributed by atoms with E-state index in [1.54, 1.807) is 25.1 Å². The fourth-order valence-corrected chi connectivity index (χ4v) is 1.64. The molecule has 82 valence electrons. The first-order chi connectivity index (χ1) is 7.66. The molecule has 16 heavy (non-hydrogen) atoms. The van der Waals surface area contributed by atoms with Gasteiger partial charge in [-0.1, -0.05) is 30.3 Å². The molecule has 3 nitrogen and oxygen atoms in total. The maximum atomic E-state index is 11.8. The summed E-state index contributed by atoms with van der Waals surface area (Å²) in [6.45, 7) is 1.69. The summed E-state index contributed by atoms with van der Waals surface area (Å²) in [4.78, 5) is 22.9. The van der Waals surface area contributed by atoms with Crippen LogP contribution in [0.15, 0.2) is 42.0 Å². The van der Waals surface area contributed by atoms with E-state index in [-0.39, 0.29) is 18.2 Å². The third-order valence-electron chi connectivity index (χ3n) is 2.50. The lowest BCUT2D eigenvalue weighted by Crippen LogP contribution is -2.13. The lowest BCUT2D eigenvalue weighted by Gasteiger charge is -2.06. The molecule has 1 aliphatic rings. The van der Waals surface area contributed by atoms with Gasteiger partial charge >= 0.3 is 5.97 Å². The Balaban J connectivity index is 2.02. The third kappa shape index (κ3) is 2.19. The molecule has 0 fully saturated rings. The van der Waals surface area contributed by atoms with Gasteiger partial charge in [-0.25, -0.2) is 4.79 Å². The van der Waals surface area contributed by atoms with E-state index in [0.29, 0.717) is 11.1 Å². The number of hydrogen-bond acceptors (Lipinski definition) is 3. The summed E-state index contributed by atoms with van der Waals surface area (Å²) in [5.41, 5.74) is 1.22. The van der Waals surface area contributed by atoms with Crippen molar-refractivity contribution in [2.24, 2.45) is 0 Å². The number of Topliss-reactive ketones (excluding diaryl/α,β-unsaturated/α-hetero) is 1. The van der Waals surface area contributed by atoms with E-state index in [1.165, 1.54) is 0 Å². The van der Waals surface area contributed by atoms with Gasteiger partial charge in [0.25, 0.3) is 0 Å². The molecule has 1 unspecified atom stereocenters. The summed E-state index contributed by atoms with van der Waals surface area (Å²) in [6.07, 6.45) is 1.51. The molecule has 0 saturated heterocycles. The first-order valence-corrected chi connectivity index (χ1v) is 5.14. The summed E-state index contributed by atoms with van der Waals surface area (Å²) in [6, 6.07) is 9.01. The molecule has 1 aliphatic heterocycles. The number of ether oxygens (including phenoxy) is 1. The Morgan fingerprint density at radius 2 is 2.00 bits per heavy atom. The van der Waals surface area contributed by atoms with Gasteiger partial charge in [0.15, 0.2) is 5.78 Å². The molecule has 3 heteroatoms. The molecule has 1 aromatic carbocycles. The molecule has 0 radical (unpaired) electrons. The molecule has 0 amide bonds. The molecule has 2 rings (SSSR count). The van der Waals surface area contributed by atoms with Crippen LogP contribution in [0.2, 0.25) is 0 Å². The van der Waals surface area contributed by atoms with Gasteiger partial charge in [0.05, 0.1) is 6.42 Å². The van der Waals surface area contributed by atoms with Crippen molar-refractivity contribution in [2.75, 3.05) is 0 Å². The molecular weight excluding hydrogens is 204 g/mol. The van der Waals surface area contributed by atoms with Crippen molar-refractivity contribution in [1.82, 2.24) is 0 Å². The average molecular weight is 216 g/mol. The Hall–Kier alpha value is -1.90. The van der Waals surface area contributed by atoms with Crippen molar-refractivity contribution in [1.29, 1.82) is 0 Å². The van der Waals surface area contributed by atoms with Crippen molar-refractivity contribution in [3.63, 3.8) is 0 Å². The first-order valence-electron chi connectivity index (χ1n) is 5.14. The van der Waals surface area contributed by atoms with Crippen LogP contribution in [0.5, 0.6) is 0 Å². The topological polar surface area (TPSA) is 43.4 Å². The molecule has 1 aromatic rings. The zero-order valence-electron chi connectivity index (χ0n) is 8.97. The Kier molecular flexibility index (Phi) is 2.86. The highest BCUT2D eigenvalue weighted by Crippen LogP contribution is 2.17. The SMILES string of the molecule is CC1=CC(CC(=O)c2ccccc2)OC1=O. The Morgan fingerprint density at radius 3 is 2.56 bits per heavy atom. The highest BCUT2D eigenvalue weighted by Gasteiger charge is 2.24. The molecule has 0 bridgehead atoms. The molecule has 0 saturated carbocycles. The third-order valence-corrected chi connectivity index (χ3v) is 2.50. The predicted molar refractivity (Wildman–Crippen MR) is 59.0 cm³/mol. The van der Waals surface area contributed by atoms with Crippen LogP contribution >= 0.6 is 0 Å². The monoisotopic (exact) mass is 216 g/mol. The largest absolute Gasteiger partial charge is 0.454 e. The van der Waals surface area contributed by atoms with Crippen LogP contribution in [0, 0.1) is 0 Å². The molecule has 0 spiro atoms. The Labute approximate surface area is 93.7 Å². The molecule has 0 aromatic heterocycles. The predicted octanol–water partition coefficient (Wildman–Crippen LogP) is 2.13. The normalized spacial score (nSPS) is 19.2. The zero-order valence-corrected chi connectivity index (χ0v) is 8.97. The lowest BCUT2D eigenvalue weighted by molar-refractivity contribution is -0.139. The van der Waals surface area contributed by atoms with E-state index in [4.69, 9.17) is 4.74 Å². The van der Waals surface area contributed by atoms with Crippen molar-refractivity contribution < 1.29 is 14.3 Å². The fraction of sp³-hybridized carbons (Fsp3) is 0.231. The average Bonchev–Trinajstić information content (AvgIpc) is 2.59. The van der Waals surface area contributed by atoms with Crippen molar-refractivity contribution in [3.05, 3.63) is 47.5 Å². The second-order valence-corrected chi connectivity index (χ2v) is 3.79. The summed E-state index contributed by atoms with van der Waals surface area (Å²) < 4.78 is 5.01. The van der Waals surface area contributed by atoms with Gasteiger partial charge in [-0.15, -0.1) is 0 Å². The van der Waals surface area contributed by atoms with Crippen LogP contribution < -0.4 is 0 Å². The molecule has 0 aliphatic carbocycles. The minimum atomic E-state index is -0.403. The summed E-state index contributed by atoms with van der Waals surface area (Å²) in [5, 5.41) is 0. The number of ketones is 1. The van der Waals surface area contributed by atoms with E-state index in [2.05, 4.69) is 0 Å². The number of hydrogen-bond donors (Lipinski definition) is 0. The van der Waals surface area contributed by atoms with E-state index in [0.717, 1.165) is 0 Å². The number of rotatable bonds is 3. The van der Waals surface area contributed by atoms with E-state index < -0.39 is 6.10 Å². The van der Waals surface area contributed by atoms with Crippen molar-refractivity contribution in [3.8, 4) is 0 Å². The van der Waals surface area contributed by atoms with Crippen LogP contribution in [-0.4, -0.2) is 17.9 Å². The second kappa shape index (κ2) is 4.31. The summed E-state index contributed by atoms with van der Waals surface area (Å²) in [5.74, 6) is -0.338. The van der Waals surface area contributed by atoms with Gasteiger partial charge in [0, 0.05) is 11.1 Å². The minimum Gasteiger partial charge on any atom is -0.454 e. The molecule has 0 N–H and O–H groups in total. The number of esters is 1. The number of carbonyl (C=O) groups is 2. The van der Waals surface area contributed by atoms with Gasteiger partial charge in [0.2, 0.25) is 0 Å². The van der Waals surface area contributed by atoms with Crippen LogP contribution in [-0.2, 0) is 9.53 Å². The number of benzene rings is 1. The van der Waals surface area contributed by atoms with Gasteiger partial charge in [-0.3, -0.25) is 4.79 Å². The molecule has 1 atom stereocenters. The lowest BCUT2D eigenvalue weighted by atomic mass is 10.1. The van der Waals surface area contributed by atoms with Crippen LogP contribution in [0.25, 0.3) is 0 Å². The van der Waals surface area contributed by atoms with Crippen molar-refractivity contribution >= 4 is 11.8 Å². The van der Waals surface area contributed by atoms with Gasteiger partial charge in [-0.2, -0.15) is 0 Å². The number of cyclic esters (lactones) is 1. The van der Waals surface area contributed by atoms with Gasteiger partial charge in [0.1, 0.15) is 6.10 Å². The highest BCUT2D eigenvalue weighted by atomic mass is 16.5. The quantitative estimate of drug-likeness (QED) is 0.574. The van der Waals surface area contributed by atoms with Gasteiger partial charge < -0.3 is 4.74 Å². The smallest absolute Gasteiger partial charge is 0.334 e. The standard InChI is InChI=1S/C13H12O3/c1-9-7-11(16-13(9)15)8-12(14)10-5-3-2-4-6-10/h2-7,11H,8H2,1H3. The van der Waals surface area contributed by atoms with Crippen molar-refractivity contribution in [2.45, 2.75) is 19.4 Å². The zero-order chi connectivity index (χ0) is 11.5. The van der Waals surface area contributed by atoms with Crippen LogP contribution in [0.1, 0.15) is 23.7 Å². The number of carbonyl (C=O) groups excluding carboxylic acids is 2. The summed E-state index contributed by atoms with van der Waals surface area (Å²) in [7, 11) is 0. The molecule has 1 heterocycles. The second-order valence-electron chi connectivity index (χ2n) is 3.79.